The van der Waals surface area contributed by atoms with Crippen molar-refractivity contribution in [1.29, 1.82) is 0 Å². The summed E-state index contributed by atoms with van der Waals surface area (Å²) >= 11 is 0. The van der Waals surface area contributed by atoms with Crippen LogP contribution >= 0.6 is 0 Å². The molecule has 0 aliphatic carbocycles. The van der Waals surface area contributed by atoms with E-state index in [4.69, 9.17) is 9.16 Å². The molecule has 0 saturated heterocycles. The maximum atomic E-state index is 9.54. The summed E-state index contributed by atoms with van der Waals surface area (Å²) in [4.78, 5) is 0. The van der Waals surface area contributed by atoms with Crippen molar-refractivity contribution in [2.75, 3.05) is 6.61 Å². The maximum Gasteiger partial charge on any atom is 0.250 e. The molecule has 0 spiro atoms. The molecule has 0 radical (unpaired) electrons. The zero-order valence-corrected chi connectivity index (χ0v) is 15.5. The van der Waals surface area contributed by atoms with E-state index in [0.29, 0.717) is 12.5 Å². The summed E-state index contributed by atoms with van der Waals surface area (Å²) in [5.41, 5.74) is 0.784. The number of hydrogen-bond acceptors (Lipinski definition) is 3. The van der Waals surface area contributed by atoms with Gasteiger partial charge in [-0.05, 0) is 42.2 Å². The minimum absolute atomic E-state index is 0.0396. The number of rotatable bonds is 6. The van der Waals surface area contributed by atoms with Crippen LogP contribution in [-0.2, 0) is 6.61 Å². The largest absolute Gasteiger partial charge is 0.543 e. The number of aliphatic hydroxyl groups is 1. The fourth-order valence-corrected chi connectivity index (χ4v) is 2.61. The molecular weight excluding hydrogens is 280 g/mol. The van der Waals surface area contributed by atoms with Crippen LogP contribution in [0.2, 0.25) is 18.1 Å². The Bertz CT molecular complexity index is 462. The summed E-state index contributed by atoms with van der Waals surface area (Å²) < 4.78 is 12.0. The lowest BCUT2D eigenvalue weighted by molar-refractivity contribution is 0.245. The Hall–Kier alpha value is -1.00. The topological polar surface area (TPSA) is 38.7 Å². The highest BCUT2D eigenvalue weighted by atomic mass is 28.4. The Morgan fingerprint density at radius 3 is 2.29 bits per heavy atom. The molecule has 1 N–H and O–H groups in total. The second kappa shape index (κ2) is 6.84. The van der Waals surface area contributed by atoms with Gasteiger partial charge < -0.3 is 14.3 Å². The van der Waals surface area contributed by atoms with Crippen LogP contribution < -0.4 is 9.16 Å². The van der Waals surface area contributed by atoms with Crippen molar-refractivity contribution in [2.24, 2.45) is 5.92 Å². The molecule has 120 valence electrons. The summed E-state index contributed by atoms with van der Waals surface area (Å²) in [6.07, 6.45) is 0. The highest BCUT2D eigenvalue weighted by molar-refractivity contribution is 6.74. The van der Waals surface area contributed by atoms with Crippen LogP contribution in [0.5, 0.6) is 11.5 Å². The first-order chi connectivity index (χ1) is 9.56. The molecule has 0 bridgehead atoms. The van der Waals surface area contributed by atoms with Crippen LogP contribution in [0.1, 0.15) is 40.2 Å². The monoisotopic (exact) mass is 310 g/mol. The molecule has 21 heavy (non-hydrogen) atoms. The van der Waals surface area contributed by atoms with E-state index < -0.39 is 8.32 Å². The summed E-state index contributed by atoms with van der Waals surface area (Å²) in [7, 11) is -1.86. The van der Waals surface area contributed by atoms with E-state index in [-0.39, 0.29) is 11.6 Å². The van der Waals surface area contributed by atoms with Crippen molar-refractivity contribution < 1.29 is 14.3 Å². The van der Waals surface area contributed by atoms with E-state index in [9.17, 15) is 5.11 Å². The van der Waals surface area contributed by atoms with Crippen molar-refractivity contribution in [3.8, 4) is 11.5 Å². The van der Waals surface area contributed by atoms with Gasteiger partial charge in [0.2, 0.25) is 8.32 Å². The van der Waals surface area contributed by atoms with Crippen LogP contribution in [0, 0.1) is 5.92 Å². The second-order valence-corrected chi connectivity index (χ2v) is 12.2. The molecule has 3 nitrogen and oxygen atoms in total. The van der Waals surface area contributed by atoms with Crippen LogP contribution in [0.4, 0.5) is 0 Å². The lowest BCUT2D eigenvalue weighted by atomic mass is 10.2. The van der Waals surface area contributed by atoms with E-state index in [1.54, 1.807) is 0 Å². The average Bonchev–Trinajstić information content (AvgIpc) is 2.35. The molecular formula is C17H30O3Si. The van der Waals surface area contributed by atoms with E-state index >= 15 is 0 Å². The quantitative estimate of drug-likeness (QED) is 0.781. The predicted octanol–water partition coefficient (Wildman–Crippen LogP) is 4.60. The molecule has 0 heterocycles. The van der Waals surface area contributed by atoms with Gasteiger partial charge in [-0.3, -0.25) is 0 Å². The first-order valence-electron chi connectivity index (χ1n) is 7.62. The molecule has 1 aromatic rings. The molecule has 0 saturated carbocycles. The van der Waals surface area contributed by atoms with Crippen molar-refractivity contribution in [3.63, 3.8) is 0 Å². The van der Waals surface area contributed by atoms with Crippen molar-refractivity contribution in [2.45, 2.75) is 59.4 Å². The van der Waals surface area contributed by atoms with Crippen LogP contribution in [-0.4, -0.2) is 20.0 Å². The molecule has 0 aromatic heterocycles. The maximum absolute atomic E-state index is 9.54. The fraction of sp³-hybridized carbons (Fsp3) is 0.647. The number of aliphatic hydroxyl groups excluding tert-OH is 1. The molecule has 1 rings (SSSR count). The Morgan fingerprint density at radius 1 is 1.19 bits per heavy atom. The lowest BCUT2D eigenvalue weighted by Gasteiger charge is -2.36. The molecule has 4 heteroatoms. The first kappa shape index (κ1) is 18.0. The summed E-state index contributed by atoms with van der Waals surface area (Å²) in [5, 5.41) is 9.69. The summed E-state index contributed by atoms with van der Waals surface area (Å²) in [6, 6.07) is 5.74. The first-order valence-corrected chi connectivity index (χ1v) is 10.5. The summed E-state index contributed by atoms with van der Waals surface area (Å²) in [6.45, 7) is 15.9. The Labute approximate surface area is 130 Å². The zero-order valence-electron chi connectivity index (χ0n) is 14.5. The van der Waals surface area contributed by atoms with E-state index in [1.165, 1.54) is 0 Å². The molecule has 0 aliphatic rings. The van der Waals surface area contributed by atoms with E-state index in [2.05, 4.69) is 47.7 Å². The van der Waals surface area contributed by atoms with Crippen molar-refractivity contribution in [3.05, 3.63) is 23.8 Å². The third-order valence-corrected chi connectivity index (χ3v) is 8.31. The van der Waals surface area contributed by atoms with Gasteiger partial charge in [0, 0.05) is 5.56 Å². The normalized spacial score (nSPS) is 12.6. The predicted molar refractivity (Wildman–Crippen MR) is 90.5 cm³/mol. The third-order valence-electron chi connectivity index (χ3n) is 3.95. The average molecular weight is 311 g/mol. The van der Waals surface area contributed by atoms with E-state index in [1.807, 2.05) is 18.2 Å². The molecule has 0 amide bonds. The molecule has 0 fully saturated rings. The minimum atomic E-state index is -1.86. The SMILES string of the molecule is CC(C)COc1ccc(O[Si](C)(C)C(C)(C)C)cc1CO. The van der Waals surface area contributed by atoms with Gasteiger partial charge >= 0.3 is 0 Å². The third kappa shape index (κ3) is 5.04. The number of benzene rings is 1. The molecule has 1 aromatic carbocycles. The van der Waals surface area contributed by atoms with Crippen LogP contribution in [0.15, 0.2) is 18.2 Å². The Kier molecular flexibility index (Phi) is 5.88. The Morgan fingerprint density at radius 2 is 1.81 bits per heavy atom. The number of ether oxygens (including phenoxy) is 1. The van der Waals surface area contributed by atoms with Gasteiger partial charge in [-0.15, -0.1) is 0 Å². The number of hydrogen-bond donors (Lipinski definition) is 1. The highest BCUT2D eigenvalue weighted by Crippen LogP contribution is 2.38. The summed E-state index contributed by atoms with van der Waals surface area (Å²) in [5.74, 6) is 2.02. The van der Waals surface area contributed by atoms with Gasteiger partial charge in [0.1, 0.15) is 11.5 Å². The van der Waals surface area contributed by atoms with Gasteiger partial charge in [0.15, 0.2) is 0 Å². The smallest absolute Gasteiger partial charge is 0.250 e. The Balaban J connectivity index is 2.92. The fourth-order valence-electron chi connectivity index (χ4n) is 1.59. The molecule has 0 atom stereocenters. The van der Waals surface area contributed by atoms with Gasteiger partial charge in [-0.25, -0.2) is 0 Å². The van der Waals surface area contributed by atoms with Gasteiger partial charge in [0.25, 0.3) is 0 Å². The van der Waals surface area contributed by atoms with Gasteiger partial charge in [0.05, 0.1) is 13.2 Å². The van der Waals surface area contributed by atoms with Crippen molar-refractivity contribution >= 4 is 8.32 Å². The van der Waals surface area contributed by atoms with Gasteiger partial charge in [-0.2, -0.15) is 0 Å². The minimum Gasteiger partial charge on any atom is -0.543 e. The van der Waals surface area contributed by atoms with Crippen LogP contribution in [0.25, 0.3) is 0 Å². The van der Waals surface area contributed by atoms with E-state index in [0.717, 1.165) is 17.1 Å². The second-order valence-electron chi connectivity index (χ2n) is 7.49. The van der Waals surface area contributed by atoms with Crippen molar-refractivity contribution in [1.82, 2.24) is 0 Å². The molecule has 0 aliphatic heterocycles. The molecule has 0 unspecified atom stereocenters. The zero-order chi connectivity index (χ0) is 16.3. The highest BCUT2D eigenvalue weighted by Gasteiger charge is 2.39. The van der Waals surface area contributed by atoms with Crippen LogP contribution in [0.3, 0.4) is 0 Å². The van der Waals surface area contributed by atoms with Gasteiger partial charge in [-0.1, -0.05) is 34.6 Å². The standard InChI is InChI=1S/C17H30O3Si/c1-13(2)12-19-16-9-8-15(10-14(16)11-18)20-21(6,7)17(3,4)5/h8-10,13,18H,11-12H2,1-7H3. The lowest BCUT2D eigenvalue weighted by Crippen LogP contribution is -2.43.